The number of nitrogens with zero attached hydrogens (tertiary/aromatic N) is 2. The van der Waals surface area contributed by atoms with Crippen molar-refractivity contribution in [2.24, 2.45) is 22.1 Å². The number of esters is 1. The highest BCUT2D eigenvalue weighted by molar-refractivity contribution is 5.76. The predicted octanol–water partition coefficient (Wildman–Crippen LogP) is 2.62. The molecule has 1 aromatic rings. The molecule has 176 valence electrons. The molecule has 3 N–H and O–H groups in total. The maximum Gasteiger partial charge on any atom is 0.323 e. The van der Waals surface area contributed by atoms with Crippen LogP contribution >= 0.6 is 0 Å². The third kappa shape index (κ3) is 9.14. The van der Waals surface area contributed by atoms with E-state index in [2.05, 4.69) is 31.2 Å². The van der Waals surface area contributed by atoms with E-state index < -0.39 is 0 Å². The largest absolute Gasteiger partial charge is 0.493 e. The number of carbonyl (C=O) groups excluding carboxylic acids is 1. The lowest BCUT2D eigenvalue weighted by molar-refractivity contribution is -0.145. The van der Waals surface area contributed by atoms with E-state index >= 15 is 0 Å². The van der Waals surface area contributed by atoms with Crippen molar-refractivity contribution in [1.29, 1.82) is 0 Å². The van der Waals surface area contributed by atoms with E-state index in [1.807, 2.05) is 50.2 Å². The van der Waals surface area contributed by atoms with E-state index in [0.29, 0.717) is 18.9 Å². The van der Waals surface area contributed by atoms with Crippen LogP contribution < -0.4 is 16.0 Å². The molecule has 0 aliphatic heterocycles. The number of nitrogens with two attached hydrogens (primary N) is 1. The van der Waals surface area contributed by atoms with Gasteiger partial charge < -0.3 is 15.2 Å². The SMILES string of the molecule is CN=C(N)NOC(C)C(C)(C)CC(C)COc1ccc(CC(C(=O)OC)N(C)C)cc1. The Morgan fingerprint density at radius 2 is 1.84 bits per heavy atom. The number of hydrogen-bond donors (Lipinski definition) is 2. The number of methoxy groups -OCH3 is 1. The molecule has 8 nitrogen and oxygen atoms in total. The molecule has 0 spiro atoms. The summed E-state index contributed by atoms with van der Waals surface area (Å²) in [6.45, 7) is 9.09. The Morgan fingerprint density at radius 3 is 2.35 bits per heavy atom. The zero-order valence-electron chi connectivity index (χ0n) is 20.3. The molecule has 0 aliphatic carbocycles. The van der Waals surface area contributed by atoms with E-state index in [0.717, 1.165) is 17.7 Å². The number of rotatable bonds is 12. The van der Waals surface area contributed by atoms with Crippen LogP contribution in [0, 0.1) is 11.3 Å². The van der Waals surface area contributed by atoms with Gasteiger partial charge in [-0.3, -0.25) is 19.5 Å². The second kappa shape index (κ2) is 12.5. The third-order valence-electron chi connectivity index (χ3n) is 5.54. The molecule has 0 amide bonds. The number of likely N-dealkylation sites (N-methyl/N-ethyl adjacent to an activating group) is 1. The highest BCUT2D eigenvalue weighted by Gasteiger charge is 2.29. The number of hydrogen-bond acceptors (Lipinski definition) is 6. The summed E-state index contributed by atoms with van der Waals surface area (Å²) in [5, 5.41) is 0. The minimum atomic E-state index is -0.309. The van der Waals surface area contributed by atoms with Gasteiger partial charge in [0.25, 0.3) is 0 Å². The summed E-state index contributed by atoms with van der Waals surface area (Å²) < 4.78 is 10.9. The molecule has 1 aromatic carbocycles. The van der Waals surface area contributed by atoms with Gasteiger partial charge in [0.2, 0.25) is 5.96 Å². The maximum atomic E-state index is 11.9. The number of ether oxygens (including phenoxy) is 2. The lowest BCUT2D eigenvalue weighted by atomic mass is 9.79. The Balaban J connectivity index is 2.56. The van der Waals surface area contributed by atoms with Gasteiger partial charge >= 0.3 is 5.97 Å². The van der Waals surface area contributed by atoms with Crippen molar-refractivity contribution in [2.75, 3.05) is 34.9 Å². The van der Waals surface area contributed by atoms with Gasteiger partial charge in [-0.15, -0.1) is 0 Å². The molecular formula is C23H40N4O4. The van der Waals surface area contributed by atoms with Crippen LogP contribution in [0.1, 0.15) is 39.7 Å². The number of hydroxylamine groups is 1. The fourth-order valence-corrected chi connectivity index (χ4v) is 3.27. The first kappa shape index (κ1) is 26.7. The highest BCUT2D eigenvalue weighted by Crippen LogP contribution is 2.31. The summed E-state index contributed by atoms with van der Waals surface area (Å²) in [7, 11) is 6.76. The van der Waals surface area contributed by atoms with Crippen LogP contribution in [-0.4, -0.2) is 63.8 Å². The molecule has 0 aromatic heterocycles. The standard InChI is InChI=1S/C23H40N4O4/c1-16(14-23(3,4)17(2)31-26-22(24)25-5)15-30-19-11-9-18(10-12-19)13-20(27(6)7)21(28)29-8/h9-12,16-17,20H,13-15H2,1-8H3,(H3,24,25,26). The van der Waals surface area contributed by atoms with Crippen molar-refractivity contribution < 1.29 is 19.1 Å². The summed E-state index contributed by atoms with van der Waals surface area (Å²) in [6, 6.07) is 7.56. The molecule has 8 heteroatoms. The molecule has 3 unspecified atom stereocenters. The van der Waals surface area contributed by atoms with Gasteiger partial charge in [0.15, 0.2) is 0 Å². The van der Waals surface area contributed by atoms with Crippen LogP contribution in [0.3, 0.4) is 0 Å². The third-order valence-corrected chi connectivity index (χ3v) is 5.54. The van der Waals surface area contributed by atoms with Crippen LogP contribution in [0.5, 0.6) is 5.75 Å². The van der Waals surface area contributed by atoms with Gasteiger partial charge in [-0.05, 0) is 62.9 Å². The van der Waals surface area contributed by atoms with E-state index in [4.69, 9.17) is 20.0 Å². The molecule has 0 aliphatic rings. The second-order valence-corrected chi connectivity index (χ2v) is 8.93. The van der Waals surface area contributed by atoms with Crippen LogP contribution in [0.25, 0.3) is 0 Å². The van der Waals surface area contributed by atoms with E-state index in [-0.39, 0.29) is 29.5 Å². The van der Waals surface area contributed by atoms with Crippen LogP contribution in [0.2, 0.25) is 0 Å². The van der Waals surface area contributed by atoms with E-state index in [1.165, 1.54) is 7.11 Å². The number of aliphatic imine (C=N–C) groups is 1. The Bertz CT molecular complexity index is 704. The molecule has 0 saturated heterocycles. The minimum absolute atomic E-state index is 0.0611. The lowest BCUT2D eigenvalue weighted by Crippen LogP contribution is -2.40. The maximum absolute atomic E-state index is 11.9. The Morgan fingerprint density at radius 1 is 1.23 bits per heavy atom. The smallest absolute Gasteiger partial charge is 0.323 e. The van der Waals surface area contributed by atoms with E-state index in [1.54, 1.807) is 7.05 Å². The van der Waals surface area contributed by atoms with Crippen molar-refractivity contribution >= 4 is 11.9 Å². The monoisotopic (exact) mass is 436 g/mol. The van der Waals surface area contributed by atoms with Crippen molar-refractivity contribution in [3.63, 3.8) is 0 Å². The lowest BCUT2D eigenvalue weighted by Gasteiger charge is -2.33. The summed E-state index contributed by atoms with van der Waals surface area (Å²) in [5.74, 6) is 1.16. The number of guanidine groups is 1. The molecular weight excluding hydrogens is 396 g/mol. The van der Waals surface area contributed by atoms with E-state index in [9.17, 15) is 4.79 Å². The van der Waals surface area contributed by atoms with Crippen molar-refractivity contribution in [1.82, 2.24) is 10.4 Å². The first-order valence-electron chi connectivity index (χ1n) is 10.6. The molecule has 1 rings (SSSR count). The second-order valence-electron chi connectivity index (χ2n) is 8.93. The van der Waals surface area contributed by atoms with Gasteiger partial charge in [-0.25, -0.2) is 5.48 Å². The zero-order chi connectivity index (χ0) is 23.6. The summed E-state index contributed by atoms with van der Waals surface area (Å²) in [5.41, 5.74) is 9.26. The zero-order valence-corrected chi connectivity index (χ0v) is 20.3. The average molecular weight is 437 g/mol. The summed E-state index contributed by atoms with van der Waals surface area (Å²) in [6.07, 6.45) is 1.44. The van der Waals surface area contributed by atoms with Crippen molar-refractivity contribution in [2.45, 2.75) is 52.7 Å². The van der Waals surface area contributed by atoms with Crippen LogP contribution in [0.4, 0.5) is 0 Å². The van der Waals surface area contributed by atoms with Crippen molar-refractivity contribution in [3.05, 3.63) is 29.8 Å². The molecule has 0 radical (unpaired) electrons. The molecule has 0 saturated carbocycles. The molecule has 0 bridgehead atoms. The quantitative estimate of drug-likeness (QED) is 0.225. The van der Waals surface area contributed by atoms with Gasteiger partial charge in [-0.1, -0.05) is 32.9 Å². The highest BCUT2D eigenvalue weighted by atomic mass is 16.7. The summed E-state index contributed by atoms with van der Waals surface area (Å²) >= 11 is 0. The van der Waals surface area contributed by atoms with Gasteiger partial charge in [0.05, 0.1) is 19.8 Å². The van der Waals surface area contributed by atoms with Crippen LogP contribution in [-0.2, 0) is 20.8 Å². The normalized spacial score (nSPS) is 15.3. The van der Waals surface area contributed by atoms with Gasteiger partial charge in [0.1, 0.15) is 11.8 Å². The molecule has 3 atom stereocenters. The first-order valence-corrected chi connectivity index (χ1v) is 10.6. The molecule has 31 heavy (non-hydrogen) atoms. The Hall–Kier alpha value is -2.32. The molecule has 0 heterocycles. The fourth-order valence-electron chi connectivity index (χ4n) is 3.27. The summed E-state index contributed by atoms with van der Waals surface area (Å²) in [4.78, 5) is 23.3. The number of benzene rings is 1. The van der Waals surface area contributed by atoms with Crippen LogP contribution in [0.15, 0.2) is 29.3 Å². The predicted molar refractivity (Wildman–Crippen MR) is 124 cm³/mol. The van der Waals surface area contributed by atoms with Gasteiger partial charge in [-0.2, -0.15) is 0 Å². The van der Waals surface area contributed by atoms with Crippen molar-refractivity contribution in [3.8, 4) is 5.75 Å². The number of carbonyl (C=O) groups is 1. The minimum Gasteiger partial charge on any atom is -0.493 e. The Kier molecular flexibility index (Phi) is 10.8. The topological polar surface area (TPSA) is 98.4 Å². The Labute approximate surface area is 187 Å². The average Bonchev–Trinajstić information content (AvgIpc) is 2.73. The number of nitrogens with one attached hydrogen (secondary N) is 1. The first-order chi connectivity index (χ1) is 14.5. The van der Waals surface area contributed by atoms with Gasteiger partial charge in [0, 0.05) is 7.05 Å². The fraction of sp³-hybridized carbons (Fsp3) is 0.652. The molecule has 0 fully saturated rings.